The van der Waals surface area contributed by atoms with E-state index in [-0.39, 0.29) is 37.3 Å². The zero-order chi connectivity index (χ0) is 19.5. The van der Waals surface area contributed by atoms with E-state index in [2.05, 4.69) is 0 Å². The fourth-order valence-corrected chi connectivity index (χ4v) is 2.59. The van der Waals surface area contributed by atoms with Crippen molar-refractivity contribution in [1.29, 1.82) is 0 Å². The molecule has 0 aliphatic carbocycles. The molecule has 7 nitrogen and oxygen atoms in total. The lowest BCUT2D eigenvalue weighted by atomic mass is 10.0. The maximum absolute atomic E-state index is 12.7. The highest BCUT2D eigenvalue weighted by molar-refractivity contribution is 6.02. The van der Waals surface area contributed by atoms with Crippen LogP contribution in [0.3, 0.4) is 0 Å². The highest BCUT2D eigenvalue weighted by Crippen LogP contribution is 2.33. The number of esters is 1. The predicted molar refractivity (Wildman–Crippen MR) is 94.2 cm³/mol. The molecule has 1 unspecified atom stereocenters. The van der Waals surface area contributed by atoms with Gasteiger partial charge in [-0.1, -0.05) is 6.92 Å². The van der Waals surface area contributed by atoms with Gasteiger partial charge in [-0.15, -0.1) is 0 Å². The van der Waals surface area contributed by atoms with Crippen molar-refractivity contribution in [3.05, 3.63) is 23.8 Å². The molecule has 1 aromatic rings. The topological polar surface area (TPSA) is 82.1 Å². The summed E-state index contributed by atoms with van der Waals surface area (Å²) < 4.78 is 15.8. The summed E-state index contributed by atoms with van der Waals surface area (Å²) in [6, 6.07) is 4.28. The fraction of sp³-hybridized carbons (Fsp3) is 0.526. The zero-order valence-corrected chi connectivity index (χ0v) is 15.8. The summed E-state index contributed by atoms with van der Waals surface area (Å²) in [5, 5.41) is 0. The van der Waals surface area contributed by atoms with Crippen molar-refractivity contribution in [1.82, 2.24) is 4.90 Å². The van der Waals surface area contributed by atoms with Crippen LogP contribution in [0.2, 0.25) is 0 Å². The molecule has 0 saturated carbocycles. The fourth-order valence-electron chi connectivity index (χ4n) is 2.59. The third kappa shape index (κ3) is 4.53. The van der Waals surface area contributed by atoms with E-state index in [0.717, 1.165) is 0 Å². The minimum Gasteiger partial charge on any atom is -0.459 e. The van der Waals surface area contributed by atoms with Crippen LogP contribution in [0, 0.1) is 0 Å². The lowest BCUT2D eigenvalue weighted by Gasteiger charge is -2.29. The maximum atomic E-state index is 12.7. The third-order valence-corrected chi connectivity index (χ3v) is 4.27. The summed E-state index contributed by atoms with van der Waals surface area (Å²) >= 11 is 0. The molecule has 1 aromatic carbocycles. The Hall–Kier alpha value is -2.57. The Bertz CT molecular complexity index is 712. The van der Waals surface area contributed by atoms with Crippen molar-refractivity contribution >= 4 is 17.7 Å². The lowest BCUT2D eigenvalue weighted by molar-refractivity contribution is -0.159. The van der Waals surface area contributed by atoms with Gasteiger partial charge in [0, 0.05) is 19.0 Å². The van der Waals surface area contributed by atoms with Crippen LogP contribution in [0.5, 0.6) is 11.5 Å². The minimum atomic E-state index is -0.931. The molecule has 0 bridgehead atoms. The first kappa shape index (κ1) is 19.8. The van der Waals surface area contributed by atoms with E-state index < -0.39 is 11.6 Å². The zero-order valence-electron chi connectivity index (χ0n) is 15.8. The van der Waals surface area contributed by atoms with E-state index in [1.807, 2.05) is 0 Å². The first-order valence-corrected chi connectivity index (χ1v) is 8.56. The Balaban J connectivity index is 2.03. The van der Waals surface area contributed by atoms with Gasteiger partial charge in [0.25, 0.3) is 0 Å². The van der Waals surface area contributed by atoms with Crippen molar-refractivity contribution in [2.24, 2.45) is 0 Å². The maximum Gasteiger partial charge on any atom is 0.306 e. The van der Waals surface area contributed by atoms with Gasteiger partial charge in [-0.25, -0.2) is 0 Å². The SMILES string of the molecule is CCC(=O)OC(C)(C)CC(=O)N(C)C(C)C(=O)c1ccc2c(c1)OCO2. The Morgan fingerprint density at radius 2 is 1.88 bits per heavy atom. The molecule has 1 aliphatic rings. The molecule has 0 spiro atoms. The van der Waals surface area contributed by atoms with Crippen LogP contribution in [-0.4, -0.2) is 48.0 Å². The molecular weight excluding hydrogens is 338 g/mol. The average molecular weight is 363 g/mol. The van der Waals surface area contributed by atoms with Gasteiger partial charge in [0.05, 0.1) is 12.5 Å². The summed E-state index contributed by atoms with van der Waals surface area (Å²) in [4.78, 5) is 38.1. The van der Waals surface area contributed by atoms with Crippen LogP contribution in [0.25, 0.3) is 0 Å². The standard InChI is InChI=1S/C19H25NO6/c1-6-17(22)26-19(3,4)10-16(21)20(5)12(2)18(23)13-7-8-14-15(9-13)25-11-24-14/h7-9,12H,6,10-11H2,1-5H3. The molecule has 7 heteroatoms. The molecule has 142 valence electrons. The molecular formula is C19H25NO6. The van der Waals surface area contributed by atoms with Gasteiger partial charge in [-0.3, -0.25) is 14.4 Å². The number of amides is 1. The van der Waals surface area contributed by atoms with Crippen molar-refractivity contribution in [3.63, 3.8) is 0 Å². The molecule has 0 radical (unpaired) electrons. The number of rotatable bonds is 7. The van der Waals surface area contributed by atoms with Crippen LogP contribution < -0.4 is 9.47 Å². The Kier molecular flexibility index (Phi) is 5.90. The molecule has 1 atom stereocenters. The molecule has 0 fully saturated rings. The highest BCUT2D eigenvalue weighted by atomic mass is 16.7. The highest BCUT2D eigenvalue weighted by Gasteiger charge is 2.31. The Labute approximate surface area is 153 Å². The van der Waals surface area contributed by atoms with E-state index in [9.17, 15) is 14.4 Å². The van der Waals surface area contributed by atoms with Crippen LogP contribution in [0.15, 0.2) is 18.2 Å². The number of Topliss-reactive ketones (excluding diaryl/α,β-unsaturated/α-hetero) is 1. The van der Waals surface area contributed by atoms with Crippen molar-refractivity contribution in [2.45, 2.75) is 52.2 Å². The second kappa shape index (κ2) is 7.76. The predicted octanol–water partition coefficient (Wildman–Crippen LogP) is 2.57. The number of ether oxygens (including phenoxy) is 3. The van der Waals surface area contributed by atoms with Gasteiger partial charge < -0.3 is 19.1 Å². The Morgan fingerprint density at radius 3 is 2.54 bits per heavy atom. The second-order valence-corrected chi connectivity index (χ2v) is 6.88. The van der Waals surface area contributed by atoms with E-state index in [0.29, 0.717) is 17.1 Å². The van der Waals surface area contributed by atoms with Gasteiger partial charge in [0.2, 0.25) is 12.7 Å². The third-order valence-electron chi connectivity index (χ3n) is 4.27. The minimum absolute atomic E-state index is 0.00595. The number of carbonyl (C=O) groups is 3. The van der Waals surface area contributed by atoms with E-state index in [4.69, 9.17) is 14.2 Å². The summed E-state index contributed by atoms with van der Waals surface area (Å²) in [5.74, 6) is 0.265. The van der Waals surface area contributed by atoms with Gasteiger partial charge >= 0.3 is 5.97 Å². The summed E-state index contributed by atoms with van der Waals surface area (Å²) in [6.45, 7) is 6.84. The number of fused-ring (bicyclic) bond motifs is 1. The molecule has 0 N–H and O–H groups in total. The van der Waals surface area contributed by atoms with Crippen LogP contribution >= 0.6 is 0 Å². The molecule has 2 rings (SSSR count). The summed E-state index contributed by atoms with van der Waals surface area (Å²) in [5.41, 5.74) is -0.488. The van der Waals surface area contributed by atoms with Gasteiger partial charge in [0.15, 0.2) is 17.3 Å². The lowest BCUT2D eigenvalue weighted by Crippen LogP contribution is -2.44. The monoisotopic (exact) mass is 363 g/mol. The summed E-state index contributed by atoms with van der Waals surface area (Å²) in [7, 11) is 1.57. The average Bonchev–Trinajstić information content (AvgIpc) is 3.06. The molecule has 1 heterocycles. The Morgan fingerprint density at radius 1 is 1.23 bits per heavy atom. The van der Waals surface area contributed by atoms with Gasteiger partial charge in [-0.2, -0.15) is 0 Å². The number of nitrogens with zero attached hydrogens (tertiary/aromatic N) is 1. The number of carbonyl (C=O) groups excluding carboxylic acids is 3. The van der Waals surface area contributed by atoms with E-state index >= 15 is 0 Å². The van der Waals surface area contributed by atoms with Crippen LogP contribution in [0.1, 0.15) is 50.9 Å². The largest absolute Gasteiger partial charge is 0.459 e. The first-order valence-electron chi connectivity index (χ1n) is 8.56. The van der Waals surface area contributed by atoms with Crippen molar-refractivity contribution in [3.8, 4) is 11.5 Å². The van der Waals surface area contributed by atoms with Crippen molar-refractivity contribution < 1.29 is 28.6 Å². The smallest absolute Gasteiger partial charge is 0.306 e. The molecule has 1 aliphatic heterocycles. The normalized spacial score (nSPS) is 13.9. The molecule has 26 heavy (non-hydrogen) atoms. The first-order chi connectivity index (χ1) is 12.1. The molecule has 1 amide bonds. The van der Waals surface area contributed by atoms with Crippen molar-refractivity contribution in [2.75, 3.05) is 13.8 Å². The number of likely N-dealkylation sites (N-methyl/N-ethyl adjacent to an activating group) is 1. The van der Waals surface area contributed by atoms with Gasteiger partial charge in [-0.05, 0) is 39.0 Å². The van der Waals surface area contributed by atoms with Crippen LogP contribution in [0.4, 0.5) is 0 Å². The van der Waals surface area contributed by atoms with E-state index in [1.165, 1.54) is 4.90 Å². The quantitative estimate of drug-likeness (QED) is 0.547. The number of hydrogen-bond acceptors (Lipinski definition) is 6. The number of ketones is 1. The number of hydrogen-bond donors (Lipinski definition) is 0. The second-order valence-electron chi connectivity index (χ2n) is 6.88. The van der Waals surface area contributed by atoms with Gasteiger partial charge in [0.1, 0.15) is 5.60 Å². The molecule has 0 aromatic heterocycles. The number of benzene rings is 1. The molecule has 0 saturated heterocycles. The van der Waals surface area contributed by atoms with E-state index in [1.54, 1.807) is 52.9 Å². The summed E-state index contributed by atoms with van der Waals surface area (Å²) in [6.07, 6.45) is 0.237. The van der Waals surface area contributed by atoms with Crippen LogP contribution in [-0.2, 0) is 14.3 Å².